The number of furan rings is 1. The molecule has 1 saturated carbocycles. The summed E-state index contributed by atoms with van der Waals surface area (Å²) < 4.78 is 5.85. The molecule has 31 heavy (non-hydrogen) atoms. The van der Waals surface area contributed by atoms with Crippen LogP contribution in [0.3, 0.4) is 0 Å². The zero-order valence-electron chi connectivity index (χ0n) is 17.7. The minimum Gasteiger partial charge on any atom is -0.459 e. The van der Waals surface area contributed by atoms with E-state index in [-0.39, 0.29) is 24.9 Å². The van der Waals surface area contributed by atoms with Crippen LogP contribution < -0.4 is 5.32 Å². The van der Waals surface area contributed by atoms with Gasteiger partial charge in [-0.25, -0.2) is 4.79 Å². The first-order valence-corrected chi connectivity index (χ1v) is 10.9. The van der Waals surface area contributed by atoms with Crippen molar-refractivity contribution in [2.75, 3.05) is 13.6 Å². The molecule has 2 heterocycles. The van der Waals surface area contributed by atoms with E-state index in [1.165, 1.54) is 4.90 Å². The molecule has 0 radical (unpaired) electrons. The Kier molecular flexibility index (Phi) is 5.79. The van der Waals surface area contributed by atoms with Gasteiger partial charge in [-0.3, -0.25) is 14.5 Å². The first-order valence-electron chi connectivity index (χ1n) is 10.5. The molecule has 8 heteroatoms. The van der Waals surface area contributed by atoms with E-state index >= 15 is 0 Å². The van der Waals surface area contributed by atoms with Crippen LogP contribution in [0.2, 0.25) is 5.02 Å². The molecule has 0 unspecified atom stereocenters. The lowest BCUT2D eigenvalue weighted by atomic mass is 9.77. The summed E-state index contributed by atoms with van der Waals surface area (Å²) in [5.41, 5.74) is 0.0489. The van der Waals surface area contributed by atoms with Gasteiger partial charge < -0.3 is 14.6 Å². The van der Waals surface area contributed by atoms with Crippen LogP contribution in [0.1, 0.15) is 38.4 Å². The standard InChI is InChI=1S/C23H26ClN3O4/c1-15-9-11-23(12-10-15)21(29)27(22(30)25-23)14-20(28)26(2)13-18-7-8-19(31-18)16-3-5-17(24)6-4-16/h3-8,15H,9-14H2,1-2H3,(H,25,30). The largest absolute Gasteiger partial charge is 0.459 e. The fraction of sp³-hybridized carbons (Fsp3) is 0.435. The van der Waals surface area contributed by atoms with E-state index in [1.54, 1.807) is 25.2 Å². The van der Waals surface area contributed by atoms with Crippen LogP contribution >= 0.6 is 11.6 Å². The highest BCUT2D eigenvalue weighted by atomic mass is 35.5. The Morgan fingerprint density at radius 3 is 2.55 bits per heavy atom. The molecule has 4 amide bonds. The second-order valence-electron chi connectivity index (χ2n) is 8.61. The van der Waals surface area contributed by atoms with Gasteiger partial charge in [-0.05, 0) is 68.0 Å². The van der Waals surface area contributed by atoms with E-state index < -0.39 is 11.6 Å². The maximum atomic E-state index is 12.9. The quantitative estimate of drug-likeness (QED) is 0.706. The predicted octanol–water partition coefficient (Wildman–Crippen LogP) is 4.06. The van der Waals surface area contributed by atoms with Gasteiger partial charge >= 0.3 is 6.03 Å². The van der Waals surface area contributed by atoms with Crippen LogP contribution in [0.15, 0.2) is 40.8 Å². The smallest absolute Gasteiger partial charge is 0.325 e. The van der Waals surface area contributed by atoms with E-state index in [4.69, 9.17) is 16.0 Å². The van der Waals surface area contributed by atoms with Crippen LogP contribution in [0.4, 0.5) is 4.79 Å². The van der Waals surface area contributed by atoms with Gasteiger partial charge in [0, 0.05) is 17.6 Å². The lowest BCUT2D eigenvalue weighted by Crippen LogP contribution is -2.50. The maximum Gasteiger partial charge on any atom is 0.325 e. The summed E-state index contributed by atoms with van der Waals surface area (Å²) in [6.07, 6.45) is 3.03. The highest BCUT2D eigenvalue weighted by Crippen LogP contribution is 2.36. The number of carbonyl (C=O) groups is 3. The van der Waals surface area contributed by atoms with E-state index in [2.05, 4.69) is 12.2 Å². The average molecular weight is 444 g/mol. The number of hydrogen-bond acceptors (Lipinski definition) is 4. The molecule has 7 nitrogen and oxygen atoms in total. The molecule has 1 aromatic carbocycles. The Morgan fingerprint density at radius 2 is 1.87 bits per heavy atom. The number of benzene rings is 1. The molecule has 1 N–H and O–H groups in total. The minimum absolute atomic E-state index is 0.235. The van der Waals surface area contributed by atoms with Crippen LogP contribution in [-0.4, -0.2) is 46.8 Å². The highest BCUT2D eigenvalue weighted by Gasteiger charge is 2.52. The zero-order valence-corrected chi connectivity index (χ0v) is 18.4. The molecule has 2 aliphatic rings. The van der Waals surface area contributed by atoms with Crippen LogP contribution in [0.5, 0.6) is 0 Å². The summed E-state index contributed by atoms with van der Waals surface area (Å²) in [6.45, 7) is 2.11. The zero-order chi connectivity index (χ0) is 22.2. The summed E-state index contributed by atoms with van der Waals surface area (Å²) in [7, 11) is 1.63. The van der Waals surface area contributed by atoms with E-state index in [0.29, 0.717) is 35.3 Å². The predicted molar refractivity (Wildman–Crippen MR) is 116 cm³/mol. The Bertz CT molecular complexity index is 993. The highest BCUT2D eigenvalue weighted by molar-refractivity contribution is 6.30. The number of nitrogens with one attached hydrogen (secondary N) is 1. The molecule has 1 aromatic heterocycles. The number of imide groups is 1. The number of nitrogens with zero attached hydrogens (tertiary/aromatic N) is 2. The first-order chi connectivity index (χ1) is 14.8. The van der Waals surface area contributed by atoms with Crippen molar-refractivity contribution in [3.63, 3.8) is 0 Å². The normalized spacial score (nSPS) is 23.3. The topological polar surface area (TPSA) is 82.9 Å². The summed E-state index contributed by atoms with van der Waals surface area (Å²) in [4.78, 5) is 40.6. The van der Waals surface area contributed by atoms with Crippen molar-refractivity contribution in [3.05, 3.63) is 47.2 Å². The minimum atomic E-state index is -0.836. The summed E-state index contributed by atoms with van der Waals surface area (Å²) >= 11 is 5.92. The van der Waals surface area contributed by atoms with Crippen LogP contribution in [0, 0.1) is 5.92 Å². The third-order valence-electron chi connectivity index (χ3n) is 6.28. The monoisotopic (exact) mass is 443 g/mol. The number of likely N-dealkylation sites (N-methyl/N-ethyl adjacent to an activating group) is 1. The van der Waals surface area contributed by atoms with Crippen molar-refractivity contribution in [1.82, 2.24) is 15.1 Å². The molecular weight excluding hydrogens is 418 g/mol. The molecule has 164 valence electrons. The molecular formula is C23H26ClN3O4. The third kappa shape index (κ3) is 4.32. The van der Waals surface area contributed by atoms with Crippen LogP contribution in [-0.2, 0) is 16.1 Å². The second kappa shape index (κ2) is 8.38. The number of halogens is 1. The SMILES string of the molecule is CC1CCC2(CC1)NC(=O)N(CC(=O)N(C)Cc1ccc(-c3ccc(Cl)cc3)o1)C2=O. The maximum absolute atomic E-state index is 12.9. The van der Waals surface area contributed by atoms with Crippen molar-refractivity contribution >= 4 is 29.4 Å². The molecule has 1 aliphatic heterocycles. The molecule has 0 atom stereocenters. The number of carbonyl (C=O) groups excluding carboxylic acids is 3. The Labute approximate surface area is 186 Å². The molecule has 2 aromatic rings. The fourth-order valence-electron chi connectivity index (χ4n) is 4.22. The van der Waals surface area contributed by atoms with E-state index in [0.717, 1.165) is 23.3 Å². The lowest BCUT2D eigenvalue weighted by Gasteiger charge is -2.33. The lowest BCUT2D eigenvalue weighted by molar-refractivity contribution is -0.139. The molecule has 2 fully saturated rings. The second-order valence-corrected chi connectivity index (χ2v) is 9.05. The molecule has 1 spiro atoms. The van der Waals surface area contributed by atoms with Gasteiger partial charge in [-0.2, -0.15) is 0 Å². The summed E-state index contributed by atoms with van der Waals surface area (Å²) in [5.74, 6) is 1.22. The average Bonchev–Trinajstić information content (AvgIpc) is 3.29. The van der Waals surface area contributed by atoms with Gasteiger partial charge in [0.2, 0.25) is 5.91 Å². The van der Waals surface area contributed by atoms with Gasteiger partial charge in [0.25, 0.3) is 5.91 Å². The Morgan fingerprint density at radius 1 is 1.19 bits per heavy atom. The number of hydrogen-bond donors (Lipinski definition) is 1. The number of urea groups is 1. The van der Waals surface area contributed by atoms with Gasteiger partial charge in [0.15, 0.2) is 0 Å². The van der Waals surface area contributed by atoms with Gasteiger partial charge in [-0.1, -0.05) is 18.5 Å². The molecule has 0 bridgehead atoms. The summed E-state index contributed by atoms with van der Waals surface area (Å²) in [6, 6.07) is 10.4. The van der Waals surface area contributed by atoms with Gasteiger partial charge in [0.1, 0.15) is 23.6 Å². The number of amides is 4. The van der Waals surface area contributed by atoms with Gasteiger partial charge in [-0.15, -0.1) is 0 Å². The van der Waals surface area contributed by atoms with E-state index in [1.807, 2.05) is 18.2 Å². The number of rotatable bonds is 5. The van der Waals surface area contributed by atoms with Gasteiger partial charge in [0.05, 0.1) is 6.54 Å². The van der Waals surface area contributed by atoms with Crippen molar-refractivity contribution in [3.8, 4) is 11.3 Å². The van der Waals surface area contributed by atoms with Crippen molar-refractivity contribution < 1.29 is 18.8 Å². The van der Waals surface area contributed by atoms with Crippen molar-refractivity contribution in [2.24, 2.45) is 5.92 Å². The van der Waals surface area contributed by atoms with Crippen molar-refractivity contribution in [2.45, 2.75) is 44.7 Å². The van der Waals surface area contributed by atoms with Crippen molar-refractivity contribution in [1.29, 1.82) is 0 Å². The van der Waals surface area contributed by atoms with Crippen LogP contribution in [0.25, 0.3) is 11.3 Å². The first kappa shape index (κ1) is 21.4. The fourth-order valence-corrected chi connectivity index (χ4v) is 4.35. The summed E-state index contributed by atoms with van der Waals surface area (Å²) in [5, 5.41) is 3.49. The van der Waals surface area contributed by atoms with E-state index in [9.17, 15) is 14.4 Å². The third-order valence-corrected chi connectivity index (χ3v) is 6.53. The molecule has 1 aliphatic carbocycles. The molecule has 4 rings (SSSR count). The Balaban J connectivity index is 1.37. The Hall–Kier alpha value is -2.80. The molecule has 1 saturated heterocycles.